The van der Waals surface area contributed by atoms with Crippen LogP contribution in [0, 0.1) is 0 Å². The number of hydrogen-bond acceptors (Lipinski definition) is 4. The zero-order valence-electron chi connectivity index (χ0n) is 18.9. The van der Waals surface area contributed by atoms with Gasteiger partial charge in [0.1, 0.15) is 0 Å². The maximum Gasteiger partial charge on any atom is 0.337 e. The van der Waals surface area contributed by atoms with Gasteiger partial charge in [0.25, 0.3) is 11.8 Å². The number of amides is 2. The smallest absolute Gasteiger partial charge is 0.337 e. The number of halogens is 1. The van der Waals surface area contributed by atoms with Gasteiger partial charge in [-0.3, -0.25) is 9.59 Å². The molecule has 6 nitrogen and oxygen atoms in total. The van der Waals surface area contributed by atoms with Crippen molar-refractivity contribution in [3.8, 4) is 0 Å². The Morgan fingerprint density at radius 3 is 1.77 bits per heavy atom. The van der Waals surface area contributed by atoms with E-state index in [4.69, 9.17) is 0 Å². The Morgan fingerprint density at radius 1 is 0.839 bits per heavy atom. The minimum atomic E-state index is -0.392. The van der Waals surface area contributed by atoms with E-state index in [2.05, 4.69) is 34.5 Å². The van der Waals surface area contributed by atoms with E-state index in [9.17, 15) is 14.4 Å². The van der Waals surface area contributed by atoms with Crippen LogP contribution in [0.25, 0.3) is 0 Å². The molecule has 0 saturated heterocycles. The summed E-state index contributed by atoms with van der Waals surface area (Å²) in [5, 5.41) is 0. The molecule has 0 aliphatic carbocycles. The molecule has 2 heterocycles. The van der Waals surface area contributed by atoms with Crippen molar-refractivity contribution in [1.82, 2.24) is 9.80 Å². The molecule has 0 bridgehead atoms. The molecule has 31 heavy (non-hydrogen) atoms. The van der Waals surface area contributed by atoms with Gasteiger partial charge in [-0.2, -0.15) is 0 Å². The summed E-state index contributed by atoms with van der Waals surface area (Å²) in [5.41, 5.74) is 3.33. The Morgan fingerprint density at radius 2 is 1.29 bits per heavy atom. The van der Waals surface area contributed by atoms with Crippen LogP contribution in [0.2, 0.25) is 0 Å². The second-order valence-corrected chi connectivity index (χ2v) is 9.70. The molecule has 2 amide bonds. The predicted molar refractivity (Wildman–Crippen MR) is 122 cm³/mol. The Hall–Kier alpha value is -2.67. The summed E-state index contributed by atoms with van der Waals surface area (Å²) in [6.45, 7) is 8.03. The lowest BCUT2D eigenvalue weighted by atomic mass is 9.92. The van der Waals surface area contributed by atoms with Crippen molar-refractivity contribution in [2.75, 3.05) is 21.2 Å². The molecule has 4 rings (SSSR count). The molecular formula is C24H27BrN2O4. The van der Waals surface area contributed by atoms with Crippen LogP contribution in [0.3, 0.4) is 0 Å². The van der Waals surface area contributed by atoms with Crippen molar-refractivity contribution in [2.24, 2.45) is 0 Å². The molecule has 0 fully saturated rings. The highest BCUT2D eigenvalue weighted by molar-refractivity contribution is 9.10. The molecule has 0 atom stereocenters. The summed E-state index contributed by atoms with van der Waals surface area (Å²) in [5.74, 6) is -0.287. The molecule has 0 saturated carbocycles. The molecule has 0 radical (unpaired) electrons. The summed E-state index contributed by atoms with van der Waals surface area (Å²) >= 11 is 3.43. The molecule has 2 aromatic rings. The standard InChI is InChI=1S/C13H15NO3.C11H12BrNO/c1-13(2)10-7-8(12(16)17-4)5-6-9(10)11(15)14(13)3;1-11(2)9-6-7(12)4-5-8(9)10(14)13(11)3/h5-7H,1-4H3;4-6H,1-3H3. The first-order valence-electron chi connectivity index (χ1n) is 9.93. The monoisotopic (exact) mass is 486 g/mol. The number of carbonyl (C=O) groups is 3. The third-order valence-corrected chi connectivity index (χ3v) is 6.98. The van der Waals surface area contributed by atoms with Crippen LogP contribution < -0.4 is 0 Å². The third kappa shape index (κ3) is 3.65. The van der Waals surface area contributed by atoms with Crippen LogP contribution in [0.1, 0.15) is 69.9 Å². The highest BCUT2D eigenvalue weighted by Gasteiger charge is 2.41. The number of esters is 1. The summed E-state index contributed by atoms with van der Waals surface area (Å²) in [4.78, 5) is 38.7. The van der Waals surface area contributed by atoms with E-state index in [1.54, 1.807) is 35.0 Å². The Labute approximate surface area is 191 Å². The summed E-state index contributed by atoms with van der Waals surface area (Å²) in [6, 6.07) is 10.9. The lowest BCUT2D eigenvalue weighted by Crippen LogP contribution is -2.35. The Balaban J connectivity index is 0.000000179. The van der Waals surface area contributed by atoms with Gasteiger partial charge in [0, 0.05) is 29.7 Å². The second kappa shape index (κ2) is 7.79. The van der Waals surface area contributed by atoms with Gasteiger partial charge >= 0.3 is 5.97 Å². The molecular weight excluding hydrogens is 460 g/mol. The number of methoxy groups -OCH3 is 1. The fourth-order valence-electron chi connectivity index (χ4n) is 3.92. The van der Waals surface area contributed by atoms with Crippen LogP contribution in [-0.4, -0.2) is 48.8 Å². The minimum Gasteiger partial charge on any atom is -0.465 e. The molecule has 0 N–H and O–H groups in total. The molecule has 0 spiro atoms. The van der Waals surface area contributed by atoms with Crippen molar-refractivity contribution in [1.29, 1.82) is 0 Å². The van der Waals surface area contributed by atoms with Gasteiger partial charge < -0.3 is 14.5 Å². The minimum absolute atomic E-state index is 0.0126. The molecule has 0 unspecified atom stereocenters. The van der Waals surface area contributed by atoms with Crippen LogP contribution in [0.15, 0.2) is 40.9 Å². The van der Waals surface area contributed by atoms with Gasteiger partial charge in [-0.15, -0.1) is 0 Å². The largest absolute Gasteiger partial charge is 0.465 e. The second-order valence-electron chi connectivity index (χ2n) is 8.79. The van der Waals surface area contributed by atoms with Crippen LogP contribution in [0.4, 0.5) is 0 Å². The lowest BCUT2D eigenvalue weighted by molar-refractivity contribution is 0.0599. The molecule has 0 aromatic heterocycles. The number of nitrogens with zero attached hydrogens (tertiary/aromatic N) is 2. The number of fused-ring (bicyclic) bond motifs is 2. The van der Waals surface area contributed by atoms with E-state index in [1.807, 2.05) is 39.1 Å². The first-order valence-corrected chi connectivity index (χ1v) is 10.7. The quantitative estimate of drug-likeness (QED) is 0.553. The first kappa shape index (κ1) is 23.0. The van der Waals surface area contributed by atoms with E-state index >= 15 is 0 Å². The highest BCUT2D eigenvalue weighted by Crippen LogP contribution is 2.39. The SMILES string of the molecule is CN1C(=O)c2ccc(Br)cc2C1(C)C.COC(=O)c1ccc2c(c1)C(C)(C)N(C)C2=O. The first-order chi connectivity index (χ1) is 14.3. The number of carbonyl (C=O) groups excluding carboxylic acids is 3. The molecule has 164 valence electrons. The normalized spacial score (nSPS) is 17.7. The van der Waals surface area contributed by atoms with Gasteiger partial charge in [0.15, 0.2) is 0 Å². The molecule has 2 aliphatic rings. The topological polar surface area (TPSA) is 66.9 Å². The average molecular weight is 487 g/mol. The van der Waals surface area contributed by atoms with E-state index in [0.29, 0.717) is 11.1 Å². The fraction of sp³-hybridized carbons (Fsp3) is 0.375. The highest BCUT2D eigenvalue weighted by atomic mass is 79.9. The van der Waals surface area contributed by atoms with Crippen molar-refractivity contribution in [3.63, 3.8) is 0 Å². The summed E-state index contributed by atoms with van der Waals surface area (Å²) in [7, 11) is 4.95. The predicted octanol–water partition coefficient (Wildman–Crippen LogP) is 4.56. The van der Waals surface area contributed by atoms with E-state index in [1.165, 1.54) is 7.11 Å². The van der Waals surface area contributed by atoms with Gasteiger partial charge in [0.05, 0.1) is 23.8 Å². The lowest BCUT2D eigenvalue weighted by Gasteiger charge is -2.28. The van der Waals surface area contributed by atoms with Gasteiger partial charge in [0.2, 0.25) is 0 Å². The van der Waals surface area contributed by atoms with Crippen molar-refractivity contribution in [3.05, 3.63) is 68.7 Å². The van der Waals surface area contributed by atoms with Crippen molar-refractivity contribution in [2.45, 2.75) is 38.8 Å². The summed E-state index contributed by atoms with van der Waals surface area (Å²) < 4.78 is 5.70. The third-order valence-electron chi connectivity index (χ3n) is 6.49. The van der Waals surface area contributed by atoms with Gasteiger partial charge in [-0.1, -0.05) is 15.9 Å². The van der Waals surface area contributed by atoms with Crippen LogP contribution >= 0.6 is 15.9 Å². The van der Waals surface area contributed by atoms with E-state index in [0.717, 1.165) is 21.2 Å². The van der Waals surface area contributed by atoms with Crippen LogP contribution in [0.5, 0.6) is 0 Å². The maximum absolute atomic E-state index is 12.0. The zero-order chi connectivity index (χ0) is 23.3. The molecule has 2 aromatic carbocycles. The summed E-state index contributed by atoms with van der Waals surface area (Å²) in [6.07, 6.45) is 0. The van der Waals surface area contributed by atoms with Crippen LogP contribution in [-0.2, 0) is 15.8 Å². The maximum atomic E-state index is 12.0. The number of rotatable bonds is 1. The van der Waals surface area contributed by atoms with E-state index < -0.39 is 5.54 Å². The Bertz CT molecular complexity index is 1090. The fourth-order valence-corrected chi connectivity index (χ4v) is 4.28. The van der Waals surface area contributed by atoms with Crippen molar-refractivity contribution >= 4 is 33.7 Å². The Kier molecular flexibility index (Phi) is 5.78. The molecule has 7 heteroatoms. The van der Waals surface area contributed by atoms with Gasteiger partial charge in [-0.25, -0.2) is 4.79 Å². The number of hydrogen-bond donors (Lipinski definition) is 0. The zero-order valence-corrected chi connectivity index (χ0v) is 20.5. The average Bonchev–Trinajstić information content (AvgIpc) is 3.02. The van der Waals surface area contributed by atoms with E-state index in [-0.39, 0.29) is 23.3 Å². The number of ether oxygens (including phenoxy) is 1. The molecule has 2 aliphatic heterocycles. The van der Waals surface area contributed by atoms with Crippen molar-refractivity contribution < 1.29 is 19.1 Å². The van der Waals surface area contributed by atoms with Gasteiger partial charge in [-0.05, 0) is 75.2 Å². The number of benzene rings is 2.